The van der Waals surface area contributed by atoms with Crippen LogP contribution in [-0.2, 0) is 5.41 Å². The number of thiophene rings is 1. The van der Waals surface area contributed by atoms with E-state index in [2.05, 4.69) is 229 Å². The Balaban J connectivity index is 1.12. The molecule has 298 valence electrons. The highest BCUT2D eigenvalue weighted by Gasteiger charge is 2.50. The van der Waals surface area contributed by atoms with Gasteiger partial charge in [-0.25, -0.2) is 0 Å². The zero-order chi connectivity index (χ0) is 41.9. The van der Waals surface area contributed by atoms with Gasteiger partial charge in [0.25, 0.3) is 0 Å². The predicted octanol–water partition coefficient (Wildman–Crippen LogP) is 17.1. The summed E-state index contributed by atoms with van der Waals surface area (Å²) in [6, 6.07) is 83.0. The van der Waals surface area contributed by atoms with Crippen LogP contribution >= 0.6 is 11.3 Å². The van der Waals surface area contributed by atoms with E-state index in [1.807, 2.05) is 11.3 Å². The van der Waals surface area contributed by atoms with Crippen LogP contribution in [0, 0.1) is 0 Å². The van der Waals surface area contributed by atoms with Crippen molar-refractivity contribution in [2.45, 2.75) is 5.41 Å². The lowest BCUT2D eigenvalue weighted by Crippen LogP contribution is -2.29. The highest BCUT2D eigenvalue weighted by Crippen LogP contribution is 2.64. The van der Waals surface area contributed by atoms with Crippen LogP contribution in [0.1, 0.15) is 22.3 Å². The maximum atomic E-state index is 6.57. The summed E-state index contributed by atoms with van der Waals surface area (Å²) >= 11 is 1.89. The molecule has 0 saturated heterocycles. The van der Waals surface area contributed by atoms with Crippen molar-refractivity contribution in [1.29, 1.82) is 0 Å². The number of nitrogens with zero attached hydrogens (tertiary/aromatic N) is 1. The second kappa shape index (κ2) is 13.5. The zero-order valence-corrected chi connectivity index (χ0v) is 35.4. The van der Waals surface area contributed by atoms with Crippen molar-refractivity contribution >= 4 is 70.5 Å². The van der Waals surface area contributed by atoms with E-state index in [9.17, 15) is 0 Å². The van der Waals surface area contributed by atoms with Crippen LogP contribution in [0.3, 0.4) is 0 Å². The molecule has 3 heteroatoms. The maximum absolute atomic E-state index is 6.57. The first kappa shape index (κ1) is 35.6. The number of para-hydroxylation sites is 2. The number of anilines is 3. The van der Waals surface area contributed by atoms with Gasteiger partial charge in [0, 0.05) is 36.8 Å². The van der Waals surface area contributed by atoms with E-state index in [0.717, 1.165) is 50.1 Å². The lowest BCUT2D eigenvalue weighted by molar-refractivity contribution is 0.669. The Kier molecular flexibility index (Phi) is 7.51. The van der Waals surface area contributed by atoms with Crippen LogP contribution in [0.15, 0.2) is 229 Å². The van der Waals surface area contributed by atoms with Gasteiger partial charge in [-0.15, -0.1) is 11.3 Å². The minimum Gasteiger partial charge on any atom is -0.456 e. The number of rotatable bonds is 4. The fourth-order valence-corrected chi connectivity index (χ4v) is 12.5. The molecule has 2 aromatic heterocycles. The van der Waals surface area contributed by atoms with E-state index in [4.69, 9.17) is 4.42 Å². The van der Waals surface area contributed by atoms with Gasteiger partial charge in [0.1, 0.15) is 11.2 Å². The molecule has 2 nitrogen and oxygen atoms in total. The van der Waals surface area contributed by atoms with Gasteiger partial charge in [0.05, 0.1) is 22.2 Å². The van der Waals surface area contributed by atoms with Crippen molar-refractivity contribution in [2.24, 2.45) is 0 Å². The fourth-order valence-electron chi connectivity index (χ4n) is 11.4. The largest absolute Gasteiger partial charge is 0.456 e. The summed E-state index contributed by atoms with van der Waals surface area (Å²) in [5, 5.41) is 4.85. The van der Waals surface area contributed by atoms with E-state index in [1.54, 1.807) is 0 Å². The third-order valence-electron chi connectivity index (χ3n) is 13.9. The van der Waals surface area contributed by atoms with E-state index in [1.165, 1.54) is 75.8 Å². The molecule has 64 heavy (non-hydrogen) atoms. The molecule has 1 spiro atoms. The van der Waals surface area contributed by atoms with Crippen molar-refractivity contribution in [3.8, 4) is 44.5 Å². The molecule has 1 unspecified atom stereocenters. The first-order valence-electron chi connectivity index (χ1n) is 22.0. The van der Waals surface area contributed by atoms with Gasteiger partial charge in [0.2, 0.25) is 0 Å². The maximum Gasteiger partial charge on any atom is 0.137 e. The Labute approximate surface area is 374 Å². The van der Waals surface area contributed by atoms with E-state index >= 15 is 0 Å². The Bertz CT molecular complexity index is 3870. The molecule has 0 bridgehead atoms. The molecule has 14 rings (SSSR count). The number of benzene rings is 10. The molecule has 1 atom stereocenters. The minimum atomic E-state index is -0.611. The lowest BCUT2D eigenvalue weighted by atomic mass is 9.66. The quantitative estimate of drug-likeness (QED) is 0.176. The van der Waals surface area contributed by atoms with Crippen molar-refractivity contribution < 1.29 is 4.42 Å². The SMILES string of the molecule is c1ccc(-c2ccccc2N(c2ccc3c(c2)-c2ccccc2-c2ccccc2C32c3ccccc3-c3c2ccc2sc4ccccc4c32)c2cccc3oc4ccccc4c23)cc1. The molecule has 2 aliphatic rings. The van der Waals surface area contributed by atoms with Crippen LogP contribution < -0.4 is 4.90 Å². The van der Waals surface area contributed by atoms with Crippen LogP contribution in [-0.4, -0.2) is 0 Å². The molecule has 0 fully saturated rings. The molecular weight excluding hydrogens is 795 g/mol. The van der Waals surface area contributed by atoms with Gasteiger partial charge in [-0.3, -0.25) is 0 Å². The van der Waals surface area contributed by atoms with Crippen LogP contribution in [0.2, 0.25) is 0 Å². The van der Waals surface area contributed by atoms with Gasteiger partial charge in [-0.2, -0.15) is 0 Å². The summed E-state index contributed by atoms with van der Waals surface area (Å²) in [5.74, 6) is 0. The van der Waals surface area contributed by atoms with Gasteiger partial charge in [0.15, 0.2) is 0 Å². The van der Waals surface area contributed by atoms with Crippen LogP contribution in [0.25, 0.3) is 86.6 Å². The summed E-state index contributed by atoms with van der Waals surface area (Å²) in [6.45, 7) is 0. The summed E-state index contributed by atoms with van der Waals surface area (Å²) in [5.41, 5.74) is 19.5. The van der Waals surface area contributed by atoms with E-state index in [0.29, 0.717) is 0 Å². The van der Waals surface area contributed by atoms with E-state index < -0.39 is 5.41 Å². The highest BCUT2D eigenvalue weighted by molar-refractivity contribution is 7.26. The molecule has 10 aromatic carbocycles. The second-order valence-corrected chi connectivity index (χ2v) is 18.1. The first-order chi connectivity index (χ1) is 31.8. The summed E-state index contributed by atoms with van der Waals surface area (Å²) in [7, 11) is 0. The third-order valence-corrected chi connectivity index (χ3v) is 15.0. The molecule has 2 heterocycles. The average Bonchev–Trinajstić information content (AvgIpc) is 4.01. The Morgan fingerprint density at radius 2 is 0.953 bits per heavy atom. The Morgan fingerprint density at radius 3 is 1.80 bits per heavy atom. The van der Waals surface area contributed by atoms with E-state index in [-0.39, 0.29) is 0 Å². The molecule has 2 aliphatic carbocycles. The van der Waals surface area contributed by atoms with Crippen molar-refractivity contribution in [1.82, 2.24) is 0 Å². The fraction of sp³-hybridized carbons (Fsp3) is 0.0164. The van der Waals surface area contributed by atoms with Gasteiger partial charge < -0.3 is 9.32 Å². The zero-order valence-electron chi connectivity index (χ0n) is 34.6. The van der Waals surface area contributed by atoms with Gasteiger partial charge in [-0.1, -0.05) is 176 Å². The molecule has 0 saturated carbocycles. The normalized spacial score (nSPS) is 14.6. The number of hydrogen-bond donors (Lipinski definition) is 0. The van der Waals surface area contributed by atoms with Crippen molar-refractivity contribution in [3.05, 3.63) is 247 Å². The van der Waals surface area contributed by atoms with Crippen molar-refractivity contribution in [2.75, 3.05) is 4.90 Å². The predicted molar refractivity (Wildman–Crippen MR) is 268 cm³/mol. The average molecular weight is 832 g/mol. The van der Waals surface area contributed by atoms with Gasteiger partial charge in [-0.05, 0) is 110 Å². The van der Waals surface area contributed by atoms with Crippen LogP contribution in [0.5, 0.6) is 0 Å². The molecule has 0 amide bonds. The summed E-state index contributed by atoms with van der Waals surface area (Å²) < 4.78 is 9.21. The second-order valence-electron chi connectivity index (χ2n) is 17.0. The van der Waals surface area contributed by atoms with Gasteiger partial charge >= 0.3 is 0 Å². The summed E-state index contributed by atoms with van der Waals surface area (Å²) in [6.07, 6.45) is 0. The highest BCUT2D eigenvalue weighted by atomic mass is 32.1. The number of fused-ring (bicyclic) bond motifs is 19. The first-order valence-corrected chi connectivity index (χ1v) is 22.8. The smallest absolute Gasteiger partial charge is 0.137 e. The Hall–Kier alpha value is -7.98. The monoisotopic (exact) mass is 831 g/mol. The molecule has 0 N–H and O–H groups in total. The molecular formula is C61H37NOS. The lowest BCUT2D eigenvalue weighted by Gasteiger charge is -2.36. The minimum absolute atomic E-state index is 0.611. The number of furan rings is 1. The Morgan fingerprint density at radius 1 is 0.359 bits per heavy atom. The number of hydrogen-bond acceptors (Lipinski definition) is 3. The third kappa shape index (κ3) is 4.79. The standard InChI is InChI=1S/C61H37NOS/c1-2-17-38(18-3-1)40-19-8-13-28-52(40)62(53-29-16-31-55-59(53)45-24-9-14-30-54(45)63-55)39-33-34-50-47(37-39)42-21-5-4-20-41(42)43-22-6-11-26-48(43)61(50)49-27-12-7-23-44(49)58-51(61)35-36-57-60(58)46-25-10-15-32-56(46)64-57/h1-37H. The summed E-state index contributed by atoms with van der Waals surface area (Å²) in [4.78, 5) is 2.47. The van der Waals surface area contributed by atoms with Crippen molar-refractivity contribution in [3.63, 3.8) is 0 Å². The van der Waals surface area contributed by atoms with Crippen LogP contribution in [0.4, 0.5) is 17.1 Å². The topological polar surface area (TPSA) is 16.4 Å². The molecule has 12 aromatic rings. The molecule has 0 radical (unpaired) electrons. The molecule has 0 aliphatic heterocycles.